The average molecular weight is 146 g/mol. The van der Waals surface area contributed by atoms with Crippen molar-refractivity contribution in [3.8, 4) is 0 Å². The summed E-state index contributed by atoms with van der Waals surface area (Å²) in [5.74, 6) is 0.615. The van der Waals surface area contributed by atoms with Gasteiger partial charge in [0.15, 0.2) is 10.7 Å². The Bertz CT molecular complexity index is 268. The molecule has 0 atom stereocenters. The zero-order chi connectivity index (χ0) is 6.85. The maximum absolute atomic E-state index is 10.2. The molecule has 0 radical (unpaired) electrons. The van der Waals surface area contributed by atoms with Crippen LogP contribution >= 0.6 is 0 Å². The summed E-state index contributed by atoms with van der Waals surface area (Å²) in [6.45, 7) is 1.70. The molecule has 1 aromatic heterocycles. The predicted octanol–water partition coefficient (Wildman–Crippen LogP) is -0.312. The minimum atomic E-state index is -2.49. The van der Waals surface area contributed by atoms with Crippen LogP contribution in [-0.4, -0.2) is 18.4 Å². The Balaban J connectivity index is 3.12. The standard InChI is InChI=1S/C4H6N2O2S/c1-3-5-2-4(6-3)9(7)8/h2,9H,1H3,(H,5,6). The first kappa shape index (κ1) is 6.28. The minimum absolute atomic E-state index is 0.169. The third-order valence-electron chi connectivity index (χ3n) is 0.886. The largest absolute Gasteiger partial charge is 0.334 e. The second-order valence-corrected chi connectivity index (χ2v) is 2.61. The molecule has 0 unspecified atom stereocenters. The quantitative estimate of drug-likeness (QED) is 0.534. The molecular formula is C4H6N2O2S. The average Bonchev–Trinajstić information content (AvgIpc) is 2.14. The van der Waals surface area contributed by atoms with Crippen molar-refractivity contribution in [1.29, 1.82) is 0 Å². The first-order chi connectivity index (χ1) is 4.20. The highest BCUT2D eigenvalue weighted by Gasteiger charge is 1.95. The van der Waals surface area contributed by atoms with E-state index in [1.165, 1.54) is 6.20 Å². The molecule has 0 spiro atoms. The lowest BCUT2D eigenvalue weighted by Crippen LogP contribution is -1.78. The predicted molar refractivity (Wildman–Crippen MR) is 31.9 cm³/mol. The Labute approximate surface area is 53.9 Å². The van der Waals surface area contributed by atoms with Gasteiger partial charge in [-0.15, -0.1) is 0 Å². The zero-order valence-electron chi connectivity index (χ0n) is 4.79. The normalized spacial score (nSPS) is 10.4. The summed E-state index contributed by atoms with van der Waals surface area (Å²) in [7, 11) is -2.49. The van der Waals surface area contributed by atoms with Gasteiger partial charge >= 0.3 is 0 Å². The molecule has 0 saturated heterocycles. The van der Waals surface area contributed by atoms with Crippen molar-refractivity contribution >= 4 is 10.7 Å². The second-order valence-electron chi connectivity index (χ2n) is 1.61. The summed E-state index contributed by atoms with van der Waals surface area (Å²) in [5.41, 5.74) is 0. The number of aryl methyl sites for hydroxylation is 1. The molecule has 0 aliphatic rings. The number of nitrogens with zero attached hydrogens (tertiary/aromatic N) is 1. The lowest BCUT2D eigenvalue weighted by atomic mass is 10.8. The van der Waals surface area contributed by atoms with Crippen molar-refractivity contribution in [2.75, 3.05) is 0 Å². The highest BCUT2D eigenvalue weighted by molar-refractivity contribution is 7.72. The van der Waals surface area contributed by atoms with Gasteiger partial charge in [-0.1, -0.05) is 0 Å². The summed E-state index contributed by atoms with van der Waals surface area (Å²) >= 11 is 0. The number of hydrogen-bond donors (Lipinski definition) is 2. The topological polar surface area (TPSA) is 62.8 Å². The third kappa shape index (κ3) is 1.29. The highest BCUT2D eigenvalue weighted by Crippen LogP contribution is 1.94. The van der Waals surface area contributed by atoms with Gasteiger partial charge in [0.05, 0.1) is 6.20 Å². The first-order valence-electron chi connectivity index (χ1n) is 2.36. The van der Waals surface area contributed by atoms with Crippen LogP contribution in [0, 0.1) is 6.92 Å². The highest BCUT2D eigenvalue weighted by atomic mass is 32.2. The van der Waals surface area contributed by atoms with E-state index in [4.69, 9.17) is 0 Å². The number of imidazole rings is 1. The zero-order valence-corrected chi connectivity index (χ0v) is 5.68. The van der Waals surface area contributed by atoms with Crippen LogP contribution in [0.4, 0.5) is 0 Å². The monoisotopic (exact) mass is 146 g/mol. The maximum atomic E-state index is 10.2. The Morgan fingerprint density at radius 1 is 1.67 bits per heavy atom. The Kier molecular flexibility index (Phi) is 1.52. The van der Waals surface area contributed by atoms with Crippen molar-refractivity contribution in [3.63, 3.8) is 0 Å². The molecule has 0 bridgehead atoms. The van der Waals surface area contributed by atoms with Crippen LogP contribution in [0.5, 0.6) is 0 Å². The lowest BCUT2D eigenvalue weighted by molar-refractivity contribution is 0.611. The molecule has 9 heavy (non-hydrogen) atoms. The Hall–Kier alpha value is -0.840. The van der Waals surface area contributed by atoms with Crippen LogP contribution in [0.1, 0.15) is 5.82 Å². The third-order valence-corrected chi connectivity index (χ3v) is 1.51. The maximum Gasteiger partial charge on any atom is 0.185 e. The number of nitrogens with one attached hydrogen (secondary N) is 1. The van der Waals surface area contributed by atoms with E-state index in [2.05, 4.69) is 9.97 Å². The molecule has 4 nitrogen and oxygen atoms in total. The van der Waals surface area contributed by atoms with E-state index in [-0.39, 0.29) is 5.03 Å². The summed E-state index contributed by atoms with van der Waals surface area (Å²) in [5, 5.41) is 0.169. The van der Waals surface area contributed by atoms with Gasteiger partial charge in [-0.05, 0) is 6.92 Å². The molecular weight excluding hydrogens is 140 g/mol. The Morgan fingerprint density at radius 3 is 2.56 bits per heavy atom. The van der Waals surface area contributed by atoms with Crippen molar-refractivity contribution in [3.05, 3.63) is 12.0 Å². The summed E-state index contributed by atoms with van der Waals surface area (Å²) in [4.78, 5) is 6.27. The van der Waals surface area contributed by atoms with E-state index in [9.17, 15) is 8.42 Å². The van der Waals surface area contributed by atoms with Gasteiger partial charge in [0.1, 0.15) is 10.9 Å². The van der Waals surface area contributed by atoms with Crippen LogP contribution in [0.3, 0.4) is 0 Å². The lowest BCUT2D eigenvalue weighted by Gasteiger charge is -1.76. The van der Waals surface area contributed by atoms with Gasteiger partial charge < -0.3 is 4.98 Å². The van der Waals surface area contributed by atoms with Crippen molar-refractivity contribution in [2.45, 2.75) is 11.9 Å². The molecule has 0 amide bonds. The summed E-state index contributed by atoms with van der Waals surface area (Å²) in [6.07, 6.45) is 1.29. The van der Waals surface area contributed by atoms with Gasteiger partial charge in [-0.3, -0.25) is 0 Å². The molecule has 0 aliphatic heterocycles. The fraction of sp³-hybridized carbons (Fsp3) is 0.250. The molecule has 0 fully saturated rings. The number of rotatable bonds is 1. The molecule has 50 valence electrons. The molecule has 0 aromatic carbocycles. The van der Waals surface area contributed by atoms with Crippen molar-refractivity contribution in [1.82, 2.24) is 9.97 Å². The first-order valence-corrected chi connectivity index (χ1v) is 3.54. The minimum Gasteiger partial charge on any atom is -0.334 e. The number of thiol groups is 1. The van der Waals surface area contributed by atoms with E-state index in [0.717, 1.165) is 0 Å². The number of hydrogen-bond acceptors (Lipinski definition) is 3. The molecule has 1 rings (SSSR count). The molecule has 1 heterocycles. The van der Waals surface area contributed by atoms with Gasteiger partial charge in [-0.25, -0.2) is 13.4 Å². The van der Waals surface area contributed by atoms with Crippen molar-refractivity contribution in [2.24, 2.45) is 0 Å². The van der Waals surface area contributed by atoms with Crippen LogP contribution < -0.4 is 0 Å². The van der Waals surface area contributed by atoms with Gasteiger partial charge in [0, 0.05) is 0 Å². The SMILES string of the molecule is Cc1ncc([SH](=O)=O)[nH]1. The van der Waals surface area contributed by atoms with Crippen LogP contribution in [0.25, 0.3) is 0 Å². The Morgan fingerprint density at radius 2 is 2.33 bits per heavy atom. The molecule has 1 aromatic rings. The number of H-pyrrole nitrogens is 1. The van der Waals surface area contributed by atoms with Crippen LogP contribution in [0.2, 0.25) is 0 Å². The molecule has 0 saturated carbocycles. The molecule has 0 aliphatic carbocycles. The summed E-state index contributed by atoms with van der Waals surface area (Å²) in [6, 6.07) is 0. The van der Waals surface area contributed by atoms with Crippen LogP contribution in [-0.2, 0) is 10.7 Å². The number of aromatic amines is 1. The van der Waals surface area contributed by atoms with E-state index in [1.807, 2.05) is 0 Å². The van der Waals surface area contributed by atoms with Crippen molar-refractivity contribution < 1.29 is 8.42 Å². The molecule has 1 N–H and O–H groups in total. The van der Waals surface area contributed by atoms with E-state index in [0.29, 0.717) is 5.82 Å². The fourth-order valence-electron chi connectivity index (χ4n) is 0.501. The van der Waals surface area contributed by atoms with Gasteiger partial charge in [-0.2, -0.15) is 0 Å². The summed E-state index contributed by atoms with van der Waals surface area (Å²) < 4.78 is 20.4. The van der Waals surface area contributed by atoms with E-state index < -0.39 is 10.7 Å². The van der Waals surface area contributed by atoms with Crippen LogP contribution in [0.15, 0.2) is 11.2 Å². The number of aromatic nitrogens is 2. The fourth-order valence-corrected chi connectivity index (χ4v) is 0.906. The van der Waals surface area contributed by atoms with Gasteiger partial charge in [0.25, 0.3) is 0 Å². The molecule has 5 heteroatoms. The smallest absolute Gasteiger partial charge is 0.185 e. The van der Waals surface area contributed by atoms with Gasteiger partial charge in [0.2, 0.25) is 0 Å². The van der Waals surface area contributed by atoms with E-state index in [1.54, 1.807) is 6.92 Å². The van der Waals surface area contributed by atoms with E-state index >= 15 is 0 Å². The second kappa shape index (κ2) is 2.18.